The Bertz CT molecular complexity index is 447. The highest BCUT2D eigenvalue weighted by atomic mass is 35.5. The predicted molar refractivity (Wildman–Crippen MR) is 70.5 cm³/mol. The number of carbonyl (C=O) groups is 1. The highest BCUT2D eigenvalue weighted by Crippen LogP contribution is 2.18. The number of nitrogens with zero attached hydrogens (tertiary/aromatic N) is 1. The van der Waals surface area contributed by atoms with Crippen molar-refractivity contribution < 1.29 is 9.90 Å². The molecule has 0 saturated heterocycles. The maximum absolute atomic E-state index is 11.4. The van der Waals surface area contributed by atoms with Crippen LogP contribution in [0.15, 0.2) is 23.2 Å². The third-order valence-electron chi connectivity index (χ3n) is 2.06. The number of rotatable bonds is 3. The van der Waals surface area contributed by atoms with E-state index in [1.807, 2.05) is 20.8 Å². The lowest BCUT2D eigenvalue weighted by molar-refractivity contribution is 0.102. The van der Waals surface area contributed by atoms with E-state index in [1.165, 1.54) is 6.07 Å². The lowest BCUT2D eigenvalue weighted by atomic mass is 10.1. The highest BCUT2D eigenvalue weighted by molar-refractivity contribution is 6.30. The molecule has 0 saturated carbocycles. The fourth-order valence-electron chi connectivity index (χ4n) is 1.17. The lowest BCUT2D eigenvalue weighted by Gasteiger charge is -2.11. The van der Waals surface area contributed by atoms with E-state index in [4.69, 9.17) is 11.6 Å². The van der Waals surface area contributed by atoms with Gasteiger partial charge in [0, 0.05) is 17.3 Å². The minimum atomic E-state index is -0.223. The minimum absolute atomic E-state index is 0.0688. The molecule has 0 aromatic heterocycles. The van der Waals surface area contributed by atoms with E-state index in [-0.39, 0.29) is 23.0 Å². The Hall–Kier alpha value is -1.35. The van der Waals surface area contributed by atoms with Crippen LogP contribution >= 0.6 is 11.6 Å². The fraction of sp³-hybridized carbons (Fsp3) is 0.385. The van der Waals surface area contributed by atoms with E-state index >= 15 is 0 Å². The number of ketones is 1. The molecule has 0 spiro atoms. The van der Waals surface area contributed by atoms with Crippen molar-refractivity contribution in [2.24, 2.45) is 4.99 Å². The predicted octanol–water partition coefficient (Wildman–Crippen LogP) is 3.03. The van der Waals surface area contributed by atoms with Gasteiger partial charge in [-0.25, -0.2) is 0 Å². The van der Waals surface area contributed by atoms with E-state index in [1.54, 1.807) is 18.3 Å². The number of phenols is 1. The maximum Gasteiger partial charge on any atom is 0.177 e. The second-order valence-electron chi connectivity index (χ2n) is 4.76. The van der Waals surface area contributed by atoms with Crippen LogP contribution in [0.1, 0.15) is 36.7 Å². The van der Waals surface area contributed by atoms with Gasteiger partial charge in [-0.1, -0.05) is 0 Å². The molecule has 1 aromatic carbocycles. The second-order valence-corrected chi connectivity index (χ2v) is 5.03. The van der Waals surface area contributed by atoms with E-state index in [0.29, 0.717) is 11.1 Å². The van der Waals surface area contributed by atoms with E-state index in [9.17, 15) is 9.90 Å². The zero-order chi connectivity index (χ0) is 13.1. The summed E-state index contributed by atoms with van der Waals surface area (Å²) in [6.45, 7) is 5.86. The molecule has 92 valence electrons. The smallest absolute Gasteiger partial charge is 0.177 e. The maximum atomic E-state index is 11.4. The Kier molecular flexibility index (Phi) is 4.29. The summed E-state index contributed by atoms with van der Waals surface area (Å²) in [5.74, 6) is -0.137. The van der Waals surface area contributed by atoms with Gasteiger partial charge in [0.25, 0.3) is 0 Å². The first kappa shape index (κ1) is 13.7. The van der Waals surface area contributed by atoms with Gasteiger partial charge in [-0.2, -0.15) is 0 Å². The van der Waals surface area contributed by atoms with Crippen molar-refractivity contribution >= 4 is 23.6 Å². The van der Waals surface area contributed by atoms with Crippen molar-refractivity contribution in [1.29, 1.82) is 0 Å². The molecule has 0 radical (unpaired) electrons. The van der Waals surface area contributed by atoms with Crippen molar-refractivity contribution in [3.05, 3.63) is 29.3 Å². The number of aliphatic imine (C=N–C) groups is 1. The number of Topliss-reactive ketones (excluding diaryl/α,β-unsaturated/α-hetero) is 1. The van der Waals surface area contributed by atoms with Crippen LogP contribution in [0.3, 0.4) is 0 Å². The van der Waals surface area contributed by atoms with Crippen molar-refractivity contribution in [1.82, 2.24) is 0 Å². The monoisotopic (exact) mass is 253 g/mol. The van der Waals surface area contributed by atoms with Gasteiger partial charge in [0.1, 0.15) is 5.75 Å². The van der Waals surface area contributed by atoms with Crippen LogP contribution in [0.25, 0.3) is 0 Å². The Morgan fingerprint density at radius 3 is 2.65 bits per heavy atom. The van der Waals surface area contributed by atoms with Gasteiger partial charge in [0.2, 0.25) is 0 Å². The van der Waals surface area contributed by atoms with Crippen LogP contribution in [0.5, 0.6) is 5.75 Å². The van der Waals surface area contributed by atoms with Crippen molar-refractivity contribution in [3.8, 4) is 5.75 Å². The first-order valence-electron chi connectivity index (χ1n) is 5.31. The molecule has 0 amide bonds. The summed E-state index contributed by atoms with van der Waals surface area (Å²) in [6.07, 6.45) is 1.57. The molecule has 3 nitrogen and oxygen atoms in total. The van der Waals surface area contributed by atoms with Crippen molar-refractivity contribution in [2.45, 2.75) is 26.3 Å². The van der Waals surface area contributed by atoms with Crippen LogP contribution in [0.2, 0.25) is 0 Å². The van der Waals surface area contributed by atoms with Gasteiger partial charge < -0.3 is 5.11 Å². The van der Waals surface area contributed by atoms with Gasteiger partial charge >= 0.3 is 0 Å². The molecule has 0 aliphatic carbocycles. The molecule has 1 rings (SSSR count). The Morgan fingerprint density at radius 2 is 2.12 bits per heavy atom. The Labute approximate surface area is 106 Å². The highest BCUT2D eigenvalue weighted by Gasteiger charge is 2.09. The van der Waals surface area contributed by atoms with E-state index in [2.05, 4.69) is 4.99 Å². The molecule has 0 aliphatic rings. The lowest BCUT2D eigenvalue weighted by Crippen LogP contribution is -2.10. The number of carbonyl (C=O) groups excluding carboxylic acids is 1. The first-order chi connectivity index (χ1) is 7.83. The number of benzene rings is 1. The first-order valence-corrected chi connectivity index (χ1v) is 5.84. The molecule has 17 heavy (non-hydrogen) atoms. The van der Waals surface area contributed by atoms with Crippen LogP contribution < -0.4 is 0 Å². The topological polar surface area (TPSA) is 49.7 Å². The number of alkyl halides is 1. The summed E-state index contributed by atoms with van der Waals surface area (Å²) in [5.41, 5.74) is 0.780. The third kappa shape index (κ3) is 4.19. The normalized spacial score (nSPS) is 12.0. The second kappa shape index (κ2) is 5.32. The molecule has 0 aliphatic heterocycles. The van der Waals surface area contributed by atoms with Crippen LogP contribution in [0.4, 0.5) is 0 Å². The minimum Gasteiger partial charge on any atom is -0.507 e. The number of halogens is 1. The quantitative estimate of drug-likeness (QED) is 0.511. The number of hydrogen-bond donors (Lipinski definition) is 1. The molecule has 1 aromatic rings. The number of aromatic hydroxyl groups is 1. The standard InChI is InChI=1S/C13H16ClNO2/c1-13(2,3)15-8-10-6-9(12(17)7-14)4-5-11(10)16/h4-6,8,16H,7H2,1-3H3/b15-8+. The van der Waals surface area contributed by atoms with Crippen LogP contribution in [-0.4, -0.2) is 28.5 Å². The third-order valence-corrected chi connectivity index (χ3v) is 2.30. The zero-order valence-electron chi connectivity index (χ0n) is 10.2. The molecular formula is C13H16ClNO2. The summed E-state index contributed by atoms with van der Waals surface area (Å²) in [5, 5.41) is 9.65. The summed E-state index contributed by atoms with van der Waals surface area (Å²) in [6, 6.07) is 4.62. The molecule has 0 atom stereocenters. The van der Waals surface area contributed by atoms with Gasteiger partial charge in [-0.05, 0) is 39.0 Å². The summed E-state index contributed by atoms with van der Waals surface area (Å²) < 4.78 is 0. The Balaban J connectivity index is 3.07. The SMILES string of the molecule is CC(C)(C)/N=C/c1cc(C(=O)CCl)ccc1O. The molecule has 0 unspecified atom stereocenters. The summed E-state index contributed by atoms with van der Waals surface area (Å²) >= 11 is 5.48. The average molecular weight is 254 g/mol. The zero-order valence-corrected chi connectivity index (χ0v) is 11.0. The summed E-state index contributed by atoms with van der Waals surface area (Å²) in [4.78, 5) is 15.7. The molecule has 0 fully saturated rings. The van der Waals surface area contributed by atoms with Gasteiger partial charge in [-0.15, -0.1) is 11.6 Å². The largest absolute Gasteiger partial charge is 0.507 e. The molecular weight excluding hydrogens is 238 g/mol. The van der Waals surface area contributed by atoms with E-state index < -0.39 is 0 Å². The molecule has 4 heteroatoms. The van der Waals surface area contributed by atoms with Gasteiger partial charge in [0.05, 0.1) is 11.4 Å². The van der Waals surface area contributed by atoms with E-state index in [0.717, 1.165) is 0 Å². The van der Waals surface area contributed by atoms with Gasteiger partial charge in [0.15, 0.2) is 5.78 Å². The molecule has 0 bridgehead atoms. The van der Waals surface area contributed by atoms with Crippen LogP contribution in [-0.2, 0) is 0 Å². The summed E-state index contributed by atoms with van der Waals surface area (Å²) in [7, 11) is 0. The number of phenolic OH excluding ortho intramolecular Hbond substituents is 1. The average Bonchev–Trinajstić information content (AvgIpc) is 2.26. The Morgan fingerprint density at radius 1 is 1.47 bits per heavy atom. The number of hydrogen-bond acceptors (Lipinski definition) is 3. The molecule has 0 heterocycles. The van der Waals surface area contributed by atoms with Crippen LogP contribution in [0, 0.1) is 0 Å². The molecule has 1 N–H and O–H groups in total. The van der Waals surface area contributed by atoms with Crippen molar-refractivity contribution in [2.75, 3.05) is 5.88 Å². The van der Waals surface area contributed by atoms with Gasteiger partial charge in [-0.3, -0.25) is 9.79 Å². The van der Waals surface area contributed by atoms with Crippen molar-refractivity contribution in [3.63, 3.8) is 0 Å². The fourth-order valence-corrected chi connectivity index (χ4v) is 1.33.